The van der Waals surface area contributed by atoms with Gasteiger partial charge in [-0.3, -0.25) is 14.9 Å². The van der Waals surface area contributed by atoms with Gasteiger partial charge in [0.1, 0.15) is 0 Å². The molecule has 0 aliphatic carbocycles. The zero-order chi connectivity index (χ0) is 14.6. The van der Waals surface area contributed by atoms with E-state index in [9.17, 15) is 20.0 Å². The summed E-state index contributed by atoms with van der Waals surface area (Å²) in [4.78, 5) is 23.5. The van der Waals surface area contributed by atoms with Gasteiger partial charge in [-0.2, -0.15) is 0 Å². The molecule has 0 unspecified atom stereocenters. The summed E-state index contributed by atoms with van der Waals surface area (Å²) in [6.45, 7) is 4.63. The average molecular weight is 266 g/mol. The highest BCUT2D eigenvalue weighted by molar-refractivity contribution is 5.97. The van der Waals surface area contributed by atoms with E-state index in [-0.39, 0.29) is 5.56 Å². The van der Waals surface area contributed by atoms with Gasteiger partial charge >= 0.3 is 5.69 Å². The lowest BCUT2D eigenvalue weighted by Crippen LogP contribution is -2.28. The maximum absolute atomic E-state index is 12.1. The number of benzene rings is 1. The number of phenols is 1. The Kier molecular flexibility index (Phi) is 4.86. The van der Waals surface area contributed by atoms with Crippen LogP contribution in [0.2, 0.25) is 0 Å². The molecule has 0 saturated heterocycles. The van der Waals surface area contributed by atoms with Crippen molar-refractivity contribution in [2.45, 2.75) is 20.3 Å². The van der Waals surface area contributed by atoms with Gasteiger partial charge in [0.05, 0.1) is 10.5 Å². The summed E-state index contributed by atoms with van der Waals surface area (Å²) < 4.78 is 0. The summed E-state index contributed by atoms with van der Waals surface area (Å²) in [5.74, 6) is -0.537. The van der Waals surface area contributed by atoms with Crippen molar-refractivity contribution in [3.8, 4) is 5.75 Å². The minimum atomic E-state index is -0.708. The molecular formula is C13H18N2O4. The number of nitrogens with zero attached hydrogens (tertiary/aromatic N) is 2. The van der Waals surface area contributed by atoms with E-state index in [1.54, 1.807) is 7.05 Å². The lowest BCUT2D eigenvalue weighted by atomic mass is 10.1. The van der Waals surface area contributed by atoms with Crippen LogP contribution in [0.5, 0.6) is 5.75 Å². The number of nitro groups is 1. The summed E-state index contributed by atoms with van der Waals surface area (Å²) in [5.41, 5.74) is -0.497. The molecule has 0 saturated carbocycles. The Morgan fingerprint density at radius 3 is 2.63 bits per heavy atom. The Balaban J connectivity index is 2.94. The number of amides is 1. The third kappa shape index (κ3) is 3.67. The number of hydrogen-bond acceptors (Lipinski definition) is 4. The number of phenolic OH excluding ortho intramolecular Hbond substituents is 1. The molecule has 1 aromatic carbocycles. The molecule has 1 amide bonds. The Morgan fingerprint density at radius 2 is 2.11 bits per heavy atom. The zero-order valence-electron chi connectivity index (χ0n) is 11.3. The second-order valence-corrected chi connectivity index (χ2v) is 4.84. The number of hydrogen-bond donors (Lipinski definition) is 1. The van der Waals surface area contributed by atoms with E-state index in [0.717, 1.165) is 6.42 Å². The molecule has 0 bridgehead atoms. The highest BCUT2D eigenvalue weighted by Crippen LogP contribution is 2.29. The van der Waals surface area contributed by atoms with Gasteiger partial charge in [-0.1, -0.05) is 19.9 Å². The van der Waals surface area contributed by atoms with Gasteiger partial charge in [0, 0.05) is 19.7 Å². The molecule has 6 nitrogen and oxygen atoms in total. The molecule has 0 atom stereocenters. The summed E-state index contributed by atoms with van der Waals surface area (Å²) in [6, 6.07) is 3.94. The third-order valence-corrected chi connectivity index (χ3v) is 2.83. The van der Waals surface area contributed by atoms with Crippen LogP contribution >= 0.6 is 0 Å². The number of aromatic hydroxyl groups is 1. The number of nitro benzene ring substituents is 1. The van der Waals surface area contributed by atoms with Gasteiger partial charge in [0.2, 0.25) is 5.75 Å². The van der Waals surface area contributed by atoms with E-state index in [1.807, 2.05) is 13.8 Å². The Morgan fingerprint density at radius 1 is 1.47 bits per heavy atom. The highest BCUT2D eigenvalue weighted by Gasteiger charge is 2.22. The van der Waals surface area contributed by atoms with Crippen molar-refractivity contribution in [2.24, 2.45) is 5.92 Å². The summed E-state index contributed by atoms with van der Waals surface area (Å²) in [5, 5.41) is 20.5. The van der Waals surface area contributed by atoms with Gasteiger partial charge < -0.3 is 10.0 Å². The van der Waals surface area contributed by atoms with Gasteiger partial charge in [-0.05, 0) is 18.4 Å². The number of carbonyl (C=O) groups excluding carboxylic acids is 1. The number of carbonyl (C=O) groups is 1. The summed E-state index contributed by atoms with van der Waals surface area (Å²) >= 11 is 0. The largest absolute Gasteiger partial charge is 0.502 e. The van der Waals surface area contributed by atoms with Gasteiger partial charge in [0.15, 0.2) is 0 Å². The highest BCUT2D eigenvalue weighted by atomic mass is 16.6. The van der Waals surface area contributed by atoms with Crippen molar-refractivity contribution in [3.63, 3.8) is 0 Å². The molecule has 104 valence electrons. The fourth-order valence-electron chi connectivity index (χ4n) is 1.61. The zero-order valence-corrected chi connectivity index (χ0v) is 11.3. The van der Waals surface area contributed by atoms with E-state index >= 15 is 0 Å². The summed E-state index contributed by atoms with van der Waals surface area (Å²) in [6.07, 6.45) is 0.831. The molecule has 1 N–H and O–H groups in total. The Hall–Kier alpha value is -2.11. The molecular weight excluding hydrogens is 248 g/mol. The van der Waals surface area contributed by atoms with Gasteiger partial charge in [0.25, 0.3) is 5.91 Å². The van der Waals surface area contributed by atoms with Crippen LogP contribution < -0.4 is 0 Å². The fourth-order valence-corrected chi connectivity index (χ4v) is 1.61. The predicted octanol–water partition coefficient (Wildman–Crippen LogP) is 2.42. The quantitative estimate of drug-likeness (QED) is 0.655. The minimum Gasteiger partial charge on any atom is -0.502 e. The van der Waals surface area contributed by atoms with Crippen molar-refractivity contribution in [1.29, 1.82) is 0 Å². The predicted molar refractivity (Wildman–Crippen MR) is 71.2 cm³/mol. The topological polar surface area (TPSA) is 83.7 Å². The van der Waals surface area contributed by atoms with Crippen molar-refractivity contribution in [1.82, 2.24) is 4.90 Å². The first-order valence-electron chi connectivity index (χ1n) is 6.06. The second kappa shape index (κ2) is 6.17. The monoisotopic (exact) mass is 266 g/mol. The van der Waals surface area contributed by atoms with Crippen LogP contribution in [-0.2, 0) is 0 Å². The standard InChI is InChI=1S/C13H18N2O4/c1-9(2)7-8-14(3)13(17)10-5-4-6-11(12(10)16)15(18)19/h4-6,9,16H,7-8H2,1-3H3. The molecule has 0 aromatic heterocycles. The molecule has 0 radical (unpaired) electrons. The first kappa shape index (κ1) is 14.9. The maximum Gasteiger partial charge on any atom is 0.311 e. The van der Waals surface area contributed by atoms with Crippen LogP contribution in [0, 0.1) is 16.0 Å². The van der Waals surface area contributed by atoms with Crippen molar-refractivity contribution in [2.75, 3.05) is 13.6 Å². The van der Waals surface area contributed by atoms with Crippen LogP contribution in [0.1, 0.15) is 30.6 Å². The first-order valence-corrected chi connectivity index (χ1v) is 6.06. The molecule has 1 aromatic rings. The molecule has 19 heavy (non-hydrogen) atoms. The fraction of sp³-hybridized carbons (Fsp3) is 0.462. The smallest absolute Gasteiger partial charge is 0.311 e. The van der Waals surface area contributed by atoms with Gasteiger partial charge in [-0.15, -0.1) is 0 Å². The SMILES string of the molecule is CC(C)CCN(C)C(=O)c1cccc([N+](=O)[O-])c1O. The number of para-hydroxylation sites is 1. The van der Waals surface area contributed by atoms with Crippen molar-refractivity contribution >= 4 is 11.6 Å². The Bertz CT molecular complexity index is 486. The van der Waals surface area contributed by atoms with E-state index in [4.69, 9.17) is 0 Å². The van der Waals surface area contributed by atoms with Gasteiger partial charge in [-0.25, -0.2) is 0 Å². The molecule has 0 heterocycles. The average Bonchev–Trinajstić information content (AvgIpc) is 2.34. The first-order chi connectivity index (χ1) is 8.84. The van der Waals surface area contributed by atoms with Crippen molar-refractivity contribution < 1.29 is 14.8 Å². The second-order valence-electron chi connectivity index (χ2n) is 4.84. The molecule has 6 heteroatoms. The lowest BCUT2D eigenvalue weighted by molar-refractivity contribution is -0.385. The van der Waals surface area contributed by atoms with Crippen LogP contribution in [0.3, 0.4) is 0 Å². The molecule has 1 rings (SSSR count). The number of rotatable bonds is 5. The van der Waals surface area contributed by atoms with Crippen LogP contribution in [-0.4, -0.2) is 34.4 Å². The molecule has 0 spiro atoms. The molecule has 0 aliphatic rings. The maximum atomic E-state index is 12.1. The van der Waals surface area contributed by atoms with E-state index in [0.29, 0.717) is 12.5 Å². The third-order valence-electron chi connectivity index (χ3n) is 2.83. The molecule has 0 fully saturated rings. The van der Waals surface area contributed by atoms with E-state index in [2.05, 4.69) is 0 Å². The van der Waals surface area contributed by atoms with E-state index in [1.165, 1.54) is 23.1 Å². The van der Waals surface area contributed by atoms with Crippen LogP contribution in [0.15, 0.2) is 18.2 Å². The molecule has 0 aliphatic heterocycles. The Labute approximate surface area is 111 Å². The van der Waals surface area contributed by atoms with Crippen molar-refractivity contribution in [3.05, 3.63) is 33.9 Å². The minimum absolute atomic E-state index is 0.0412. The van der Waals surface area contributed by atoms with Crippen LogP contribution in [0.25, 0.3) is 0 Å². The normalized spacial score (nSPS) is 10.5. The summed E-state index contributed by atoms with van der Waals surface area (Å²) in [7, 11) is 1.61. The lowest BCUT2D eigenvalue weighted by Gasteiger charge is -2.18. The van der Waals surface area contributed by atoms with E-state index < -0.39 is 22.3 Å². The van der Waals surface area contributed by atoms with Crippen LogP contribution in [0.4, 0.5) is 5.69 Å².